The lowest BCUT2D eigenvalue weighted by atomic mass is 9.87. The molecule has 114 valence electrons. The number of primary amides is 1. The zero-order chi connectivity index (χ0) is 15.4. The number of hydrogen-bond acceptors (Lipinski definition) is 4. The minimum atomic E-state index is -1.15. The second kappa shape index (κ2) is 6.71. The van der Waals surface area contributed by atoms with Crippen LogP contribution in [0.4, 0.5) is 0 Å². The van der Waals surface area contributed by atoms with Crippen molar-refractivity contribution in [2.75, 3.05) is 0 Å². The van der Waals surface area contributed by atoms with Gasteiger partial charge in [-0.05, 0) is 42.7 Å². The fourth-order valence-corrected chi connectivity index (χ4v) is 3.56. The summed E-state index contributed by atoms with van der Waals surface area (Å²) in [4.78, 5) is 35.5. The number of nitrogens with two attached hydrogens (primary N) is 1. The Hall–Kier alpha value is -1.89. The van der Waals surface area contributed by atoms with Crippen LogP contribution in [0, 0.1) is 0 Å². The number of carboxylic acid groups (broad SMARTS) is 1. The first-order chi connectivity index (χ1) is 9.99. The first kappa shape index (κ1) is 15.5. The lowest BCUT2D eigenvalue weighted by Crippen LogP contribution is -2.44. The largest absolute Gasteiger partial charge is 0.480 e. The molecule has 0 saturated carbocycles. The van der Waals surface area contributed by atoms with Crippen molar-refractivity contribution in [1.29, 1.82) is 0 Å². The number of fused-ring (bicyclic) bond motifs is 1. The normalized spacial score (nSPS) is 18.6. The highest BCUT2D eigenvalue weighted by atomic mass is 32.1. The van der Waals surface area contributed by atoms with Crippen LogP contribution >= 0.6 is 11.3 Å². The van der Waals surface area contributed by atoms with Crippen LogP contribution in [0.15, 0.2) is 11.4 Å². The monoisotopic (exact) mass is 310 g/mol. The zero-order valence-corrected chi connectivity index (χ0v) is 12.3. The van der Waals surface area contributed by atoms with Crippen molar-refractivity contribution in [3.63, 3.8) is 0 Å². The van der Waals surface area contributed by atoms with E-state index in [1.54, 1.807) is 11.3 Å². The van der Waals surface area contributed by atoms with E-state index in [4.69, 9.17) is 10.8 Å². The Labute approximate surface area is 126 Å². The SMILES string of the molecule is NC(=O)CCC(NC(=O)C1CCCc2sccc21)C(=O)O. The molecule has 0 bridgehead atoms. The summed E-state index contributed by atoms with van der Waals surface area (Å²) in [5.41, 5.74) is 6.02. The van der Waals surface area contributed by atoms with Crippen LogP contribution in [0.5, 0.6) is 0 Å². The fourth-order valence-electron chi connectivity index (χ4n) is 2.58. The molecule has 0 radical (unpaired) electrons. The van der Waals surface area contributed by atoms with Gasteiger partial charge in [-0.15, -0.1) is 11.3 Å². The molecule has 2 rings (SSSR count). The maximum absolute atomic E-state index is 12.3. The molecule has 0 aromatic carbocycles. The molecule has 0 fully saturated rings. The van der Waals surface area contributed by atoms with Crippen LogP contribution in [0.3, 0.4) is 0 Å². The Balaban J connectivity index is 2.03. The standard InChI is InChI=1S/C14H18N2O4S/c15-12(17)5-4-10(14(19)20)16-13(18)9-2-1-3-11-8(9)6-7-21-11/h6-7,9-10H,1-5H2,(H2,15,17)(H,16,18)(H,19,20). The number of rotatable bonds is 6. The summed E-state index contributed by atoms with van der Waals surface area (Å²) in [6, 6.07) is 0.858. The van der Waals surface area contributed by atoms with Gasteiger partial charge in [-0.3, -0.25) is 9.59 Å². The highest BCUT2D eigenvalue weighted by Gasteiger charge is 2.30. The quantitative estimate of drug-likeness (QED) is 0.728. The molecule has 0 saturated heterocycles. The van der Waals surface area contributed by atoms with E-state index in [0.717, 1.165) is 24.8 Å². The highest BCUT2D eigenvalue weighted by Crippen LogP contribution is 2.35. The van der Waals surface area contributed by atoms with Crippen molar-refractivity contribution in [1.82, 2.24) is 5.32 Å². The fraction of sp³-hybridized carbons (Fsp3) is 0.500. The molecule has 6 nitrogen and oxygen atoms in total. The van der Waals surface area contributed by atoms with Gasteiger partial charge in [-0.25, -0.2) is 4.79 Å². The lowest BCUT2D eigenvalue weighted by molar-refractivity contribution is -0.142. The molecule has 1 heterocycles. The molecule has 21 heavy (non-hydrogen) atoms. The average molecular weight is 310 g/mol. The van der Waals surface area contributed by atoms with Crippen molar-refractivity contribution < 1.29 is 19.5 Å². The number of thiophene rings is 1. The predicted molar refractivity (Wildman–Crippen MR) is 78.0 cm³/mol. The van der Waals surface area contributed by atoms with E-state index in [0.29, 0.717) is 0 Å². The molecule has 1 aromatic rings. The average Bonchev–Trinajstić information content (AvgIpc) is 2.90. The number of amides is 2. The molecular formula is C14H18N2O4S. The second-order valence-electron chi connectivity index (χ2n) is 5.15. The van der Waals surface area contributed by atoms with Gasteiger partial charge in [0, 0.05) is 11.3 Å². The van der Waals surface area contributed by atoms with E-state index in [1.165, 1.54) is 4.88 Å². The van der Waals surface area contributed by atoms with Gasteiger partial charge in [-0.2, -0.15) is 0 Å². The van der Waals surface area contributed by atoms with Crippen molar-refractivity contribution in [2.45, 2.75) is 44.1 Å². The van der Waals surface area contributed by atoms with Crippen molar-refractivity contribution in [2.24, 2.45) is 5.73 Å². The number of aliphatic carboxylic acids is 1. The van der Waals surface area contributed by atoms with E-state index >= 15 is 0 Å². The van der Waals surface area contributed by atoms with Gasteiger partial charge in [0.2, 0.25) is 11.8 Å². The summed E-state index contributed by atoms with van der Waals surface area (Å²) in [6.45, 7) is 0. The number of aryl methyl sites for hydroxylation is 1. The van der Waals surface area contributed by atoms with Gasteiger partial charge in [-0.1, -0.05) is 0 Å². The maximum atomic E-state index is 12.3. The number of nitrogens with one attached hydrogen (secondary N) is 1. The first-order valence-corrected chi connectivity index (χ1v) is 7.74. The third-order valence-electron chi connectivity index (χ3n) is 3.66. The van der Waals surface area contributed by atoms with Crippen LogP contribution in [-0.2, 0) is 20.8 Å². The summed E-state index contributed by atoms with van der Waals surface area (Å²) in [5, 5.41) is 13.6. The summed E-state index contributed by atoms with van der Waals surface area (Å²) in [6.07, 6.45) is 2.56. The van der Waals surface area contributed by atoms with E-state index in [9.17, 15) is 14.4 Å². The number of hydrogen-bond donors (Lipinski definition) is 3. The summed E-state index contributed by atoms with van der Waals surface area (Å²) in [5.74, 6) is -2.30. The van der Waals surface area contributed by atoms with Crippen LogP contribution in [0.25, 0.3) is 0 Å². The van der Waals surface area contributed by atoms with Crippen LogP contribution < -0.4 is 11.1 Å². The van der Waals surface area contributed by atoms with Gasteiger partial charge >= 0.3 is 5.97 Å². The van der Waals surface area contributed by atoms with E-state index in [-0.39, 0.29) is 24.7 Å². The number of carbonyl (C=O) groups excluding carboxylic acids is 2. The lowest BCUT2D eigenvalue weighted by Gasteiger charge is -2.23. The molecular weight excluding hydrogens is 292 g/mol. The van der Waals surface area contributed by atoms with Gasteiger partial charge in [0.25, 0.3) is 0 Å². The van der Waals surface area contributed by atoms with E-state index < -0.39 is 17.9 Å². The van der Waals surface area contributed by atoms with Crippen molar-refractivity contribution >= 4 is 29.1 Å². The molecule has 7 heteroatoms. The third-order valence-corrected chi connectivity index (χ3v) is 4.66. The molecule has 2 amide bonds. The number of carbonyl (C=O) groups is 3. The minimum absolute atomic E-state index is 0.0135. The predicted octanol–water partition coefficient (Wildman–Crippen LogP) is 1.00. The Morgan fingerprint density at radius 2 is 2.24 bits per heavy atom. The van der Waals surface area contributed by atoms with Gasteiger partial charge in [0.1, 0.15) is 6.04 Å². The van der Waals surface area contributed by atoms with E-state index in [1.807, 2.05) is 11.4 Å². The molecule has 0 spiro atoms. The molecule has 2 atom stereocenters. The van der Waals surface area contributed by atoms with Crippen molar-refractivity contribution in [3.8, 4) is 0 Å². The Morgan fingerprint density at radius 1 is 1.48 bits per heavy atom. The maximum Gasteiger partial charge on any atom is 0.326 e. The van der Waals surface area contributed by atoms with Gasteiger partial charge in [0.15, 0.2) is 0 Å². The minimum Gasteiger partial charge on any atom is -0.480 e. The molecule has 0 aliphatic heterocycles. The van der Waals surface area contributed by atoms with Crippen LogP contribution in [0.2, 0.25) is 0 Å². The first-order valence-electron chi connectivity index (χ1n) is 6.86. The smallest absolute Gasteiger partial charge is 0.326 e. The Morgan fingerprint density at radius 3 is 2.90 bits per heavy atom. The van der Waals surface area contributed by atoms with Gasteiger partial charge < -0.3 is 16.2 Å². The topological polar surface area (TPSA) is 109 Å². The Bertz CT molecular complexity index is 555. The summed E-state index contributed by atoms with van der Waals surface area (Å²) >= 11 is 1.63. The molecule has 4 N–H and O–H groups in total. The van der Waals surface area contributed by atoms with Crippen molar-refractivity contribution in [3.05, 3.63) is 21.9 Å². The Kier molecular flexibility index (Phi) is 4.95. The summed E-state index contributed by atoms with van der Waals surface area (Å²) < 4.78 is 0. The third kappa shape index (κ3) is 3.81. The molecule has 1 aliphatic rings. The highest BCUT2D eigenvalue weighted by molar-refractivity contribution is 7.10. The molecule has 1 aromatic heterocycles. The molecule has 1 aliphatic carbocycles. The number of carboxylic acids is 1. The van der Waals surface area contributed by atoms with Crippen LogP contribution in [0.1, 0.15) is 42.0 Å². The summed E-state index contributed by atoms with van der Waals surface area (Å²) in [7, 11) is 0. The van der Waals surface area contributed by atoms with E-state index in [2.05, 4.69) is 5.32 Å². The molecule has 2 unspecified atom stereocenters. The van der Waals surface area contributed by atoms with Crippen LogP contribution in [-0.4, -0.2) is 28.9 Å². The van der Waals surface area contributed by atoms with Gasteiger partial charge in [0.05, 0.1) is 5.92 Å². The zero-order valence-electron chi connectivity index (χ0n) is 11.5. The second-order valence-corrected chi connectivity index (χ2v) is 6.15.